The predicted molar refractivity (Wildman–Crippen MR) is 127 cm³/mol. The van der Waals surface area contributed by atoms with Crippen LogP contribution in [0.2, 0.25) is 0 Å². The van der Waals surface area contributed by atoms with E-state index in [9.17, 15) is 9.59 Å². The maximum Gasteiger partial charge on any atom is 0.234 e. The number of aromatic nitrogens is 2. The summed E-state index contributed by atoms with van der Waals surface area (Å²) < 4.78 is 5.40. The standard InChI is InChI=1S/C23H31N5O3S/c1-3-13-24-23(30)17-11-14-28(15-12-17)20-9-10-22(27-26-20)32-16-21(29)25-18-5-7-19(8-6-18)31-4-2/h5-10,17H,3-4,11-16H2,1-2H3,(H,24,30)(H,25,29). The number of carbonyl (C=O) groups is 2. The molecule has 2 heterocycles. The highest BCUT2D eigenvalue weighted by atomic mass is 32.2. The van der Waals surface area contributed by atoms with Crippen molar-refractivity contribution in [2.24, 2.45) is 5.92 Å². The van der Waals surface area contributed by atoms with Crippen LogP contribution in [-0.2, 0) is 9.59 Å². The number of anilines is 2. The molecule has 1 aliphatic heterocycles. The van der Waals surface area contributed by atoms with Gasteiger partial charge < -0.3 is 20.3 Å². The molecular weight excluding hydrogens is 426 g/mol. The molecule has 8 nitrogen and oxygen atoms in total. The van der Waals surface area contributed by atoms with E-state index in [-0.39, 0.29) is 23.5 Å². The Morgan fingerprint density at radius 1 is 1.09 bits per heavy atom. The van der Waals surface area contributed by atoms with Crippen LogP contribution in [0.3, 0.4) is 0 Å². The van der Waals surface area contributed by atoms with Crippen molar-refractivity contribution in [2.75, 3.05) is 42.2 Å². The molecule has 1 fully saturated rings. The summed E-state index contributed by atoms with van der Waals surface area (Å²) in [5.74, 6) is 1.97. The molecule has 1 saturated heterocycles. The largest absolute Gasteiger partial charge is 0.494 e. The van der Waals surface area contributed by atoms with E-state index in [1.807, 2.05) is 43.3 Å². The third kappa shape index (κ3) is 7.12. The summed E-state index contributed by atoms with van der Waals surface area (Å²) >= 11 is 1.34. The average Bonchev–Trinajstić information content (AvgIpc) is 2.83. The molecule has 0 atom stereocenters. The Balaban J connectivity index is 1.42. The maximum atomic E-state index is 12.2. The number of nitrogens with zero attached hydrogens (tertiary/aromatic N) is 3. The Kier molecular flexibility index (Phi) is 9.15. The van der Waals surface area contributed by atoms with Gasteiger partial charge in [0, 0.05) is 31.2 Å². The van der Waals surface area contributed by atoms with Gasteiger partial charge in [0.25, 0.3) is 0 Å². The van der Waals surface area contributed by atoms with Gasteiger partial charge in [0.1, 0.15) is 10.8 Å². The number of hydrogen-bond acceptors (Lipinski definition) is 7. The Bertz CT molecular complexity index is 868. The van der Waals surface area contributed by atoms with Crippen LogP contribution in [0.5, 0.6) is 5.75 Å². The Morgan fingerprint density at radius 3 is 2.47 bits per heavy atom. The summed E-state index contributed by atoms with van der Waals surface area (Å²) in [5.41, 5.74) is 0.729. The average molecular weight is 458 g/mol. The van der Waals surface area contributed by atoms with Gasteiger partial charge >= 0.3 is 0 Å². The second kappa shape index (κ2) is 12.3. The summed E-state index contributed by atoms with van der Waals surface area (Å²) in [5, 5.41) is 15.1. The highest BCUT2D eigenvalue weighted by Gasteiger charge is 2.25. The minimum atomic E-state index is -0.103. The molecule has 2 aromatic rings. The van der Waals surface area contributed by atoms with Crippen LogP contribution >= 0.6 is 11.8 Å². The maximum absolute atomic E-state index is 12.2. The monoisotopic (exact) mass is 457 g/mol. The Morgan fingerprint density at radius 2 is 1.84 bits per heavy atom. The van der Waals surface area contributed by atoms with Crippen LogP contribution in [0.4, 0.5) is 11.5 Å². The molecule has 0 radical (unpaired) electrons. The van der Waals surface area contributed by atoms with Crippen LogP contribution in [0.15, 0.2) is 41.4 Å². The van der Waals surface area contributed by atoms with Gasteiger partial charge in [0.05, 0.1) is 12.4 Å². The lowest BCUT2D eigenvalue weighted by Gasteiger charge is -2.31. The van der Waals surface area contributed by atoms with Crippen molar-refractivity contribution in [3.63, 3.8) is 0 Å². The topological polar surface area (TPSA) is 96.5 Å². The van der Waals surface area contributed by atoms with E-state index in [4.69, 9.17) is 4.74 Å². The fraction of sp³-hybridized carbons (Fsp3) is 0.478. The first-order valence-electron chi connectivity index (χ1n) is 11.1. The minimum absolute atomic E-state index is 0.0782. The summed E-state index contributed by atoms with van der Waals surface area (Å²) in [6.45, 7) is 6.90. The van der Waals surface area contributed by atoms with E-state index in [2.05, 4.69) is 32.7 Å². The van der Waals surface area contributed by atoms with Gasteiger partial charge in [-0.25, -0.2) is 0 Å². The van der Waals surface area contributed by atoms with Crippen LogP contribution in [0.25, 0.3) is 0 Å². The number of amides is 2. The molecule has 0 saturated carbocycles. The van der Waals surface area contributed by atoms with Gasteiger partial charge in [-0.2, -0.15) is 0 Å². The first kappa shape index (κ1) is 23.8. The highest BCUT2D eigenvalue weighted by Crippen LogP contribution is 2.23. The highest BCUT2D eigenvalue weighted by molar-refractivity contribution is 7.99. The van der Waals surface area contributed by atoms with Crippen molar-refractivity contribution in [1.82, 2.24) is 15.5 Å². The Labute approximate surface area is 193 Å². The van der Waals surface area contributed by atoms with Crippen LogP contribution in [0, 0.1) is 5.92 Å². The normalized spacial score (nSPS) is 14.1. The molecule has 1 aromatic heterocycles. The van der Waals surface area contributed by atoms with Crippen LogP contribution < -0.4 is 20.3 Å². The minimum Gasteiger partial charge on any atom is -0.494 e. The third-order valence-electron chi connectivity index (χ3n) is 5.17. The SMILES string of the molecule is CCCNC(=O)C1CCN(c2ccc(SCC(=O)Nc3ccc(OCC)cc3)nn2)CC1. The van der Waals surface area contributed by atoms with Crippen molar-refractivity contribution in [3.05, 3.63) is 36.4 Å². The second-order valence-electron chi connectivity index (χ2n) is 7.58. The zero-order valence-electron chi connectivity index (χ0n) is 18.7. The van der Waals surface area contributed by atoms with E-state index in [1.54, 1.807) is 0 Å². The summed E-state index contributed by atoms with van der Waals surface area (Å²) in [6.07, 6.45) is 2.59. The first-order valence-corrected chi connectivity index (χ1v) is 12.1. The molecule has 9 heteroatoms. The molecule has 2 N–H and O–H groups in total. The zero-order chi connectivity index (χ0) is 22.8. The number of ether oxygens (including phenoxy) is 1. The van der Waals surface area contributed by atoms with E-state index >= 15 is 0 Å². The molecule has 1 aliphatic rings. The molecule has 2 amide bonds. The van der Waals surface area contributed by atoms with Crippen molar-refractivity contribution < 1.29 is 14.3 Å². The molecular formula is C23H31N5O3S. The van der Waals surface area contributed by atoms with E-state index in [0.717, 1.165) is 56.2 Å². The lowest BCUT2D eigenvalue weighted by molar-refractivity contribution is -0.125. The zero-order valence-corrected chi connectivity index (χ0v) is 19.5. The number of nitrogens with one attached hydrogen (secondary N) is 2. The van der Waals surface area contributed by atoms with Gasteiger partial charge in [-0.05, 0) is 62.6 Å². The van der Waals surface area contributed by atoms with E-state index < -0.39 is 0 Å². The number of rotatable bonds is 10. The van der Waals surface area contributed by atoms with Gasteiger partial charge in [-0.3, -0.25) is 9.59 Å². The molecule has 0 bridgehead atoms. The van der Waals surface area contributed by atoms with Crippen molar-refractivity contribution in [3.8, 4) is 5.75 Å². The van der Waals surface area contributed by atoms with E-state index in [0.29, 0.717) is 11.6 Å². The molecule has 1 aromatic carbocycles. The molecule has 0 unspecified atom stereocenters. The molecule has 0 aliphatic carbocycles. The molecule has 0 spiro atoms. The van der Waals surface area contributed by atoms with Crippen molar-refractivity contribution >= 4 is 35.1 Å². The van der Waals surface area contributed by atoms with Gasteiger partial charge in [0.2, 0.25) is 11.8 Å². The van der Waals surface area contributed by atoms with Crippen molar-refractivity contribution in [2.45, 2.75) is 38.1 Å². The van der Waals surface area contributed by atoms with Crippen LogP contribution in [-0.4, -0.2) is 54.0 Å². The smallest absolute Gasteiger partial charge is 0.234 e. The van der Waals surface area contributed by atoms with Crippen molar-refractivity contribution in [1.29, 1.82) is 0 Å². The van der Waals surface area contributed by atoms with Gasteiger partial charge in [0.15, 0.2) is 5.82 Å². The lowest BCUT2D eigenvalue weighted by atomic mass is 9.96. The molecule has 172 valence electrons. The Hall–Kier alpha value is -2.81. The van der Waals surface area contributed by atoms with Gasteiger partial charge in [-0.15, -0.1) is 10.2 Å². The van der Waals surface area contributed by atoms with Crippen LogP contribution in [0.1, 0.15) is 33.1 Å². The number of hydrogen-bond donors (Lipinski definition) is 2. The van der Waals surface area contributed by atoms with Gasteiger partial charge in [-0.1, -0.05) is 18.7 Å². The number of piperidine rings is 1. The first-order chi connectivity index (χ1) is 15.6. The summed E-state index contributed by atoms with van der Waals surface area (Å²) in [6, 6.07) is 11.1. The summed E-state index contributed by atoms with van der Waals surface area (Å²) in [4.78, 5) is 26.5. The molecule has 32 heavy (non-hydrogen) atoms. The third-order valence-corrected chi connectivity index (χ3v) is 6.09. The fourth-order valence-electron chi connectivity index (χ4n) is 3.46. The second-order valence-corrected chi connectivity index (χ2v) is 8.57. The summed E-state index contributed by atoms with van der Waals surface area (Å²) in [7, 11) is 0. The molecule has 3 rings (SSSR count). The number of carbonyl (C=O) groups excluding carboxylic acids is 2. The number of benzene rings is 1. The lowest BCUT2D eigenvalue weighted by Crippen LogP contribution is -2.41. The number of thioether (sulfide) groups is 1. The quantitative estimate of drug-likeness (QED) is 0.528. The fourth-order valence-corrected chi connectivity index (χ4v) is 4.07. The predicted octanol–water partition coefficient (Wildman–Crippen LogP) is 3.35. The van der Waals surface area contributed by atoms with E-state index in [1.165, 1.54) is 11.8 Å².